The summed E-state index contributed by atoms with van der Waals surface area (Å²) in [6.07, 6.45) is 7.94. The highest BCUT2D eigenvalue weighted by molar-refractivity contribution is 7.99. The molecule has 1 saturated carbocycles. The average molecular weight is 512 g/mol. The molecule has 0 aliphatic heterocycles. The summed E-state index contributed by atoms with van der Waals surface area (Å²) in [6, 6.07) is 8.36. The second-order valence-corrected chi connectivity index (χ2v) is 10.5. The van der Waals surface area contributed by atoms with Crippen molar-refractivity contribution >= 4 is 39.8 Å². The van der Waals surface area contributed by atoms with Crippen LogP contribution in [0.15, 0.2) is 42.1 Å². The zero-order valence-electron chi connectivity index (χ0n) is 20.4. The van der Waals surface area contributed by atoms with Gasteiger partial charge in [-0.2, -0.15) is 0 Å². The number of allylic oxidation sites excluding steroid dienone is 1. The van der Waals surface area contributed by atoms with Gasteiger partial charge in [0, 0.05) is 36.8 Å². The van der Waals surface area contributed by atoms with Crippen LogP contribution in [0, 0.1) is 0 Å². The minimum atomic E-state index is -0.125. The Kier molecular flexibility index (Phi) is 8.92. The van der Waals surface area contributed by atoms with E-state index in [0.717, 1.165) is 42.3 Å². The van der Waals surface area contributed by atoms with E-state index in [1.807, 2.05) is 10.6 Å². The van der Waals surface area contributed by atoms with Gasteiger partial charge in [-0.25, -0.2) is 0 Å². The van der Waals surface area contributed by atoms with Gasteiger partial charge in [-0.3, -0.25) is 14.7 Å². The molecule has 0 spiro atoms. The van der Waals surface area contributed by atoms with E-state index in [2.05, 4.69) is 75.3 Å². The molecule has 0 atom stereocenters. The van der Waals surface area contributed by atoms with Gasteiger partial charge in [-0.1, -0.05) is 48.4 Å². The summed E-state index contributed by atoms with van der Waals surface area (Å²) < 4.78 is 1.99. The zero-order valence-corrected chi connectivity index (χ0v) is 22.1. The first kappa shape index (κ1) is 25.4. The van der Waals surface area contributed by atoms with Crippen molar-refractivity contribution in [1.29, 1.82) is 0 Å². The second kappa shape index (κ2) is 12.3. The molecule has 0 radical (unpaired) electrons. The average Bonchev–Trinajstić information content (AvgIpc) is 3.52. The molecule has 1 fully saturated rings. The largest absolute Gasteiger partial charge is 0.372 e. The first-order valence-electron chi connectivity index (χ1n) is 12.3. The molecule has 4 rings (SSSR count). The van der Waals surface area contributed by atoms with Gasteiger partial charge >= 0.3 is 0 Å². The van der Waals surface area contributed by atoms with Crippen LogP contribution in [0.25, 0.3) is 11.4 Å². The van der Waals surface area contributed by atoms with Crippen LogP contribution in [-0.2, 0) is 11.3 Å². The Hall–Kier alpha value is -2.72. The summed E-state index contributed by atoms with van der Waals surface area (Å²) in [5.74, 6) is 1.34. The molecule has 1 amide bonds. The molecule has 1 aromatic carbocycles. The van der Waals surface area contributed by atoms with Gasteiger partial charge in [-0.15, -0.1) is 27.0 Å². The third-order valence-corrected chi connectivity index (χ3v) is 8.22. The molecule has 0 saturated heterocycles. The molecule has 8 nitrogen and oxygen atoms in total. The van der Waals surface area contributed by atoms with Gasteiger partial charge in [0.2, 0.25) is 11.0 Å². The van der Waals surface area contributed by atoms with E-state index in [1.54, 1.807) is 0 Å². The zero-order chi connectivity index (χ0) is 24.6. The van der Waals surface area contributed by atoms with Gasteiger partial charge in [0.05, 0.1) is 5.75 Å². The van der Waals surface area contributed by atoms with E-state index in [4.69, 9.17) is 0 Å². The maximum absolute atomic E-state index is 12.6. The number of nitrogens with one attached hydrogen (secondary N) is 1. The predicted molar refractivity (Wildman–Crippen MR) is 144 cm³/mol. The van der Waals surface area contributed by atoms with Gasteiger partial charge in [0.25, 0.3) is 0 Å². The molecule has 2 heterocycles. The Morgan fingerprint density at radius 3 is 2.57 bits per heavy atom. The van der Waals surface area contributed by atoms with Crippen LogP contribution < -0.4 is 10.2 Å². The van der Waals surface area contributed by atoms with E-state index in [0.29, 0.717) is 22.8 Å². The first-order chi connectivity index (χ1) is 17.1. The number of carbonyl (C=O) groups excluding carboxylic acids is 1. The number of aromatic nitrogens is 5. The highest BCUT2D eigenvalue weighted by Crippen LogP contribution is 2.35. The van der Waals surface area contributed by atoms with Crippen LogP contribution >= 0.6 is 23.1 Å². The molecule has 0 bridgehead atoms. The molecular weight excluding hydrogens is 478 g/mol. The molecule has 1 aliphatic rings. The van der Waals surface area contributed by atoms with Gasteiger partial charge < -0.3 is 4.90 Å². The number of amides is 1. The van der Waals surface area contributed by atoms with Crippen molar-refractivity contribution in [3.05, 3.63) is 41.9 Å². The number of rotatable bonds is 11. The van der Waals surface area contributed by atoms with Crippen LogP contribution in [0.2, 0.25) is 0 Å². The molecule has 3 aromatic rings. The van der Waals surface area contributed by atoms with Crippen molar-refractivity contribution in [2.75, 3.05) is 29.1 Å². The van der Waals surface area contributed by atoms with Gasteiger partial charge in [-0.05, 0) is 51.0 Å². The maximum Gasteiger partial charge on any atom is 0.236 e. The lowest BCUT2D eigenvalue weighted by atomic mass is 9.90. The summed E-state index contributed by atoms with van der Waals surface area (Å²) in [5, 5.41) is 22.5. The molecule has 1 aliphatic carbocycles. The van der Waals surface area contributed by atoms with Gasteiger partial charge in [0.15, 0.2) is 11.0 Å². The number of thioether (sulfide) groups is 1. The SMILES string of the molecule is C=CCn1c(SCC(=O)Nc2nnc(C3CCCCC3)s2)nnc1-c1ccc(N(CC)CC)cc1. The monoisotopic (exact) mass is 511 g/mol. The van der Waals surface area contributed by atoms with Crippen molar-refractivity contribution in [3.63, 3.8) is 0 Å². The highest BCUT2D eigenvalue weighted by atomic mass is 32.2. The van der Waals surface area contributed by atoms with E-state index in [9.17, 15) is 4.79 Å². The van der Waals surface area contributed by atoms with Crippen LogP contribution in [0.1, 0.15) is 56.9 Å². The highest BCUT2D eigenvalue weighted by Gasteiger charge is 2.21. The molecule has 0 unspecified atom stereocenters. The van der Waals surface area contributed by atoms with E-state index in [1.165, 1.54) is 48.0 Å². The number of hydrogen-bond acceptors (Lipinski definition) is 8. The Labute approximate surface area is 215 Å². The van der Waals surface area contributed by atoms with Crippen LogP contribution in [-0.4, -0.2) is 49.7 Å². The smallest absolute Gasteiger partial charge is 0.236 e. The van der Waals surface area contributed by atoms with Crippen molar-refractivity contribution in [1.82, 2.24) is 25.0 Å². The summed E-state index contributed by atoms with van der Waals surface area (Å²) >= 11 is 2.85. The minimum Gasteiger partial charge on any atom is -0.372 e. The van der Waals surface area contributed by atoms with Gasteiger partial charge in [0.1, 0.15) is 5.01 Å². The second-order valence-electron chi connectivity index (χ2n) is 8.54. The van der Waals surface area contributed by atoms with Crippen LogP contribution in [0.5, 0.6) is 0 Å². The fourth-order valence-electron chi connectivity index (χ4n) is 4.40. The lowest BCUT2D eigenvalue weighted by Gasteiger charge is -2.21. The fourth-order valence-corrected chi connectivity index (χ4v) is 6.07. The molecule has 2 aromatic heterocycles. The summed E-state index contributed by atoms with van der Waals surface area (Å²) in [4.78, 5) is 14.9. The molecule has 10 heteroatoms. The van der Waals surface area contributed by atoms with Crippen molar-refractivity contribution < 1.29 is 4.79 Å². The summed E-state index contributed by atoms with van der Waals surface area (Å²) in [7, 11) is 0. The number of carbonyl (C=O) groups is 1. The van der Waals surface area contributed by atoms with E-state index in [-0.39, 0.29) is 11.7 Å². The minimum absolute atomic E-state index is 0.125. The van der Waals surface area contributed by atoms with Crippen LogP contribution in [0.3, 0.4) is 0 Å². The standard InChI is InChI=1S/C25H33N7OS2/c1-4-16-32-22(18-12-14-20(15-13-18)31(5-2)6-3)27-30-25(32)34-17-21(33)26-24-29-28-23(35-24)19-10-8-7-9-11-19/h4,12-15,19H,1,5-11,16-17H2,2-3H3,(H,26,29,33). The third kappa shape index (κ3) is 6.29. The van der Waals surface area contributed by atoms with Crippen molar-refractivity contribution in [2.24, 2.45) is 0 Å². The van der Waals surface area contributed by atoms with E-state index < -0.39 is 0 Å². The lowest BCUT2D eigenvalue weighted by molar-refractivity contribution is -0.113. The Balaban J connectivity index is 1.39. The normalized spacial score (nSPS) is 14.1. The predicted octanol–water partition coefficient (Wildman–Crippen LogP) is 5.61. The number of nitrogens with zero attached hydrogens (tertiary/aromatic N) is 6. The third-order valence-electron chi connectivity index (χ3n) is 6.26. The lowest BCUT2D eigenvalue weighted by Crippen LogP contribution is -2.21. The summed E-state index contributed by atoms with van der Waals surface area (Å²) in [6.45, 7) is 10.7. The first-order valence-corrected chi connectivity index (χ1v) is 14.1. The quantitative estimate of drug-likeness (QED) is 0.264. The topological polar surface area (TPSA) is 88.8 Å². The van der Waals surface area contributed by atoms with Crippen LogP contribution in [0.4, 0.5) is 10.8 Å². The summed E-state index contributed by atoms with van der Waals surface area (Å²) in [5.41, 5.74) is 2.17. The number of hydrogen-bond donors (Lipinski definition) is 1. The maximum atomic E-state index is 12.6. The number of anilines is 2. The molecule has 35 heavy (non-hydrogen) atoms. The molecule has 186 valence electrons. The molecular formula is C25H33N7OS2. The fraction of sp³-hybridized carbons (Fsp3) is 0.480. The van der Waals surface area contributed by atoms with E-state index >= 15 is 0 Å². The Morgan fingerprint density at radius 1 is 1.14 bits per heavy atom. The Morgan fingerprint density at radius 2 is 1.89 bits per heavy atom. The van der Waals surface area contributed by atoms with Crippen molar-refractivity contribution in [2.45, 2.75) is 63.6 Å². The molecule has 1 N–H and O–H groups in total. The number of benzene rings is 1. The van der Waals surface area contributed by atoms with Crippen molar-refractivity contribution in [3.8, 4) is 11.4 Å². The Bertz CT molecular complexity index is 1120.